The van der Waals surface area contributed by atoms with Crippen molar-refractivity contribution in [1.29, 1.82) is 0 Å². The van der Waals surface area contributed by atoms with E-state index in [1.54, 1.807) is 6.26 Å². The van der Waals surface area contributed by atoms with Gasteiger partial charge in [-0.3, -0.25) is 4.90 Å². The molecule has 0 aliphatic carbocycles. The number of benzene rings is 2. The largest absolute Gasteiger partial charge is 0.484 e. The number of para-hydroxylation sites is 1. The van der Waals surface area contributed by atoms with Crippen LogP contribution >= 0.6 is 0 Å². The minimum atomic E-state index is 0.0340. The van der Waals surface area contributed by atoms with E-state index in [1.807, 2.05) is 24.5 Å². The molecule has 1 unspecified atom stereocenters. The van der Waals surface area contributed by atoms with Gasteiger partial charge in [0.2, 0.25) is 0 Å². The van der Waals surface area contributed by atoms with Gasteiger partial charge in [0.25, 0.3) is 0 Å². The zero-order valence-electron chi connectivity index (χ0n) is 12.9. The van der Waals surface area contributed by atoms with Gasteiger partial charge < -0.3 is 9.15 Å². The molecule has 4 rings (SSSR count). The minimum Gasteiger partial charge on any atom is -0.484 e. The summed E-state index contributed by atoms with van der Waals surface area (Å²) in [6.07, 6.45) is 3.58. The fourth-order valence-electron chi connectivity index (χ4n) is 3.08. The fourth-order valence-corrected chi connectivity index (χ4v) is 3.08. The van der Waals surface area contributed by atoms with Crippen molar-refractivity contribution in [3.63, 3.8) is 0 Å². The molecule has 2 aromatic carbocycles. The van der Waals surface area contributed by atoms with Gasteiger partial charge in [0, 0.05) is 30.8 Å². The molecule has 1 aliphatic heterocycles. The summed E-state index contributed by atoms with van der Waals surface area (Å²) in [4.78, 5) is 2.41. The molecule has 0 N–H and O–H groups in total. The van der Waals surface area contributed by atoms with Crippen molar-refractivity contribution >= 4 is 0 Å². The normalized spacial score (nSPS) is 18.0. The molecule has 23 heavy (non-hydrogen) atoms. The van der Waals surface area contributed by atoms with Gasteiger partial charge in [0.1, 0.15) is 11.9 Å². The average Bonchev–Trinajstić information content (AvgIpc) is 3.02. The van der Waals surface area contributed by atoms with Gasteiger partial charge in [-0.25, -0.2) is 0 Å². The van der Waals surface area contributed by atoms with E-state index in [0.717, 1.165) is 25.4 Å². The Morgan fingerprint density at radius 1 is 0.957 bits per heavy atom. The van der Waals surface area contributed by atoms with Gasteiger partial charge in [-0.2, -0.15) is 0 Å². The van der Waals surface area contributed by atoms with E-state index in [-0.39, 0.29) is 6.10 Å². The van der Waals surface area contributed by atoms with E-state index < -0.39 is 0 Å². The van der Waals surface area contributed by atoms with E-state index in [0.29, 0.717) is 0 Å². The summed E-state index contributed by atoms with van der Waals surface area (Å²) in [5.74, 6) is 0.982. The van der Waals surface area contributed by atoms with Crippen LogP contribution < -0.4 is 4.74 Å². The summed E-state index contributed by atoms with van der Waals surface area (Å²) in [7, 11) is 0. The number of nitrogens with zero attached hydrogens (tertiary/aromatic N) is 1. The fraction of sp³-hybridized carbons (Fsp3) is 0.200. The van der Waals surface area contributed by atoms with Crippen molar-refractivity contribution in [3.8, 4) is 5.75 Å². The molecular weight excluding hydrogens is 286 g/mol. The highest BCUT2D eigenvalue weighted by Crippen LogP contribution is 2.31. The van der Waals surface area contributed by atoms with E-state index in [1.165, 1.54) is 16.7 Å². The molecule has 0 spiro atoms. The Hall–Kier alpha value is -2.52. The molecule has 116 valence electrons. The standard InChI is InChI=1S/C20H19NO2/c1-2-6-17(7-3-1)20-14-21(12-16-10-11-22-15-16)13-18-8-4-5-9-19(18)23-20/h1-11,15,20H,12-14H2. The van der Waals surface area contributed by atoms with Gasteiger partial charge in [-0.05, 0) is 17.7 Å². The number of fused-ring (bicyclic) bond motifs is 1. The van der Waals surface area contributed by atoms with Crippen molar-refractivity contribution in [2.45, 2.75) is 19.2 Å². The lowest BCUT2D eigenvalue weighted by atomic mass is 10.1. The van der Waals surface area contributed by atoms with Crippen LogP contribution in [-0.4, -0.2) is 11.4 Å². The first-order chi connectivity index (χ1) is 11.4. The molecule has 2 heterocycles. The molecule has 0 saturated heterocycles. The highest BCUT2D eigenvalue weighted by atomic mass is 16.5. The van der Waals surface area contributed by atoms with Crippen LogP contribution in [-0.2, 0) is 13.1 Å². The molecule has 0 bridgehead atoms. The first kappa shape index (κ1) is 14.1. The van der Waals surface area contributed by atoms with Crippen LogP contribution in [0.25, 0.3) is 0 Å². The highest BCUT2D eigenvalue weighted by Gasteiger charge is 2.24. The van der Waals surface area contributed by atoms with Gasteiger partial charge >= 0.3 is 0 Å². The third kappa shape index (κ3) is 3.15. The maximum atomic E-state index is 6.33. The zero-order valence-corrected chi connectivity index (χ0v) is 12.9. The molecule has 0 radical (unpaired) electrons. The number of ether oxygens (including phenoxy) is 1. The van der Waals surface area contributed by atoms with Crippen LogP contribution in [0.5, 0.6) is 5.75 Å². The van der Waals surface area contributed by atoms with Crippen LogP contribution in [0.1, 0.15) is 22.8 Å². The highest BCUT2D eigenvalue weighted by molar-refractivity contribution is 5.35. The summed E-state index contributed by atoms with van der Waals surface area (Å²) in [6, 6.07) is 20.8. The predicted molar refractivity (Wildman–Crippen MR) is 89.1 cm³/mol. The Bertz CT molecular complexity index is 752. The van der Waals surface area contributed by atoms with Crippen molar-refractivity contribution in [2.24, 2.45) is 0 Å². The third-order valence-corrected chi connectivity index (χ3v) is 4.22. The maximum Gasteiger partial charge on any atom is 0.136 e. The van der Waals surface area contributed by atoms with E-state index in [4.69, 9.17) is 9.15 Å². The van der Waals surface area contributed by atoms with Crippen LogP contribution in [0.15, 0.2) is 77.6 Å². The van der Waals surface area contributed by atoms with Crippen molar-refractivity contribution in [3.05, 3.63) is 89.9 Å². The van der Waals surface area contributed by atoms with Crippen LogP contribution in [0.4, 0.5) is 0 Å². The Labute approximate surface area is 136 Å². The predicted octanol–water partition coefficient (Wildman–Crippen LogP) is 4.42. The van der Waals surface area contributed by atoms with Gasteiger partial charge in [-0.1, -0.05) is 48.5 Å². The van der Waals surface area contributed by atoms with Crippen molar-refractivity contribution in [2.75, 3.05) is 6.54 Å². The van der Waals surface area contributed by atoms with Crippen molar-refractivity contribution in [1.82, 2.24) is 4.90 Å². The smallest absolute Gasteiger partial charge is 0.136 e. The molecule has 3 nitrogen and oxygen atoms in total. The lowest BCUT2D eigenvalue weighted by Crippen LogP contribution is -2.27. The molecule has 3 heteroatoms. The first-order valence-electron chi connectivity index (χ1n) is 7.91. The number of hydrogen-bond donors (Lipinski definition) is 0. The molecule has 0 saturated carbocycles. The second kappa shape index (κ2) is 6.31. The number of rotatable bonds is 3. The van der Waals surface area contributed by atoms with Gasteiger partial charge in [0.05, 0.1) is 12.5 Å². The number of furan rings is 1. The molecule has 1 aliphatic rings. The zero-order chi connectivity index (χ0) is 15.5. The summed E-state index contributed by atoms with van der Waals surface area (Å²) in [5.41, 5.74) is 3.63. The Morgan fingerprint density at radius 2 is 1.78 bits per heavy atom. The lowest BCUT2D eigenvalue weighted by molar-refractivity contribution is 0.144. The third-order valence-electron chi connectivity index (χ3n) is 4.22. The van der Waals surface area contributed by atoms with Crippen LogP contribution in [0.2, 0.25) is 0 Å². The maximum absolute atomic E-state index is 6.33. The second-order valence-corrected chi connectivity index (χ2v) is 5.93. The summed E-state index contributed by atoms with van der Waals surface area (Å²) in [6.45, 7) is 2.59. The molecule has 1 atom stereocenters. The molecule has 0 fully saturated rings. The molecule has 0 amide bonds. The van der Waals surface area contributed by atoms with E-state index in [9.17, 15) is 0 Å². The lowest BCUT2D eigenvalue weighted by Gasteiger charge is -2.23. The molecular formula is C20H19NO2. The summed E-state index contributed by atoms with van der Waals surface area (Å²) >= 11 is 0. The Balaban J connectivity index is 1.65. The van der Waals surface area contributed by atoms with E-state index >= 15 is 0 Å². The average molecular weight is 305 g/mol. The monoisotopic (exact) mass is 305 g/mol. The van der Waals surface area contributed by atoms with E-state index in [2.05, 4.69) is 47.4 Å². The van der Waals surface area contributed by atoms with Crippen LogP contribution in [0.3, 0.4) is 0 Å². The van der Waals surface area contributed by atoms with Crippen LogP contribution in [0, 0.1) is 0 Å². The molecule has 1 aromatic heterocycles. The van der Waals surface area contributed by atoms with Gasteiger partial charge in [0.15, 0.2) is 0 Å². The summed E-state index contributed by atoms with van der Waals surface area (Å²) in [5, 5.41) is 0. The second-order valence-electron chi connectivity index (χ2n) is 5.93. The number of hydrogen-bond acceptors (Lipinski definition) is 3. The minimum absolute atomic E-state index is 0.0340. The molecule has 3 aromatic rings. The van der Waals surface area contributed by atoms with Crippen molar-refractivity contribution < 1.29 is 9.15 Å². The summed E-state index contributed by atoms with van der Waals surface area (Å²) < 4.78 is 11.5. The Kier molecular flexibility index (Phi) is 3.86. The SMILES string of the molecule is c1ccc(C2CN(Cc3ccoc3)Cc3ccccc3O2)cc1. The first-order valence-corrected chi connectivity index (χ1v) is 7.91. The Morgan fingerprint density at radius 3 is 2.61 bits per heavy atom. The van der Waals surface area contributed by atoms with Gasteiger partial charge in [-0.15, -0.1) is 0 Å². The quantitative estimate of drug-likeness (QED) is 0.716. The topological polar surface area (TPSA) is 25.6 Å².